The Morgan fingerprint density at radius 2 is 1.05 bits per heavy atom. The molecule has 0 N–H and O–H groups in total. The van der Waals surface area contributed by atoms with Gasteiger partial charge in [0.05, 0.1) is 0 Å². The van der Waals surface area contributed by atoms with Gasteiger partial charge in [-0.15, -0.1) is 0 Å². The van der Waals surface area contributed by atoms with Crippen LogP contribution in [0, 0.1) is 29.6 Å². The predicted molar refractivity (Wildman–Crippen MR) is 87.8 cm³/mol. The minimum Gasteiger partial charge on any atom is -0.0625 e. The fraction of sp³-hybridized carbons (Fsp3) is 1.00. The first-order valence-electron chi connectivity index (χ1n) is 9.84. The largest absolute Gasteiger partial charge is 0.0625 e. The summed E-state index contributed by atoms with van der Waals surface area (Å²) in [6, 6.07) is 0. The van der Waals surface area contributed by atoms with E-state index < -0.39 is 0 Å². The van der Waals surface area contributed by atoms with Gasteiger partial charge in [0.15, 0.2) is 0 Å². The maximum Gasteiger partial charge on any atom is -0.0329 e. The molecule has 3 saturated carbocycles. The zero-order valence-corrected chi connectivity index (χ0v) is 13.8. The van der Waals surface area contributed by atoms with Crippen molar-refractivity contribution in [2.45, 2.75) is 96.8 Å². The molecule has 2 unspecified atom stereocenters. The van der Waals surface area contributed by atoms with E-state index in [1.807, 2.05) is 0 Å². The number of hydrogen-bond donors (Lipinski definition) is 0. The number of rotatable bonds is 3. The highest BCUT2D eigenvalue weighted by atomic mass is 14.4. The van der Waals surface area contributed by atoms with E-state index in [0.29, 0.717) is 0 Å². The summed E-state index contributed by atoms with van der Waals surface area (Å²) < 4.78 is 0. The topological polar surface area (TPSA) is 0 Å². The Bertz CT molecular complexity index is 252. The molecule has 2 atom stereocenters. The lowest BCUT2D eigenvalue weighted by Gasteiger charge is -2.45. The molecule has 0 spiro atoms. The summed E-state index contributed by atoms with van der Waals surface area (Å²) in [6.45, 7) is 2.52. The van der Waals surface area contributed by atoms with Crippen LogP contribution in [-0.4, -0.2) is 0 Å². The minimum atomic E-state index is 1.02. The van der Waals surface area contributed by atoms with Crippen LogP contribution in [0.1, 0.15) is 96.8 Å². The normalized spacial score (nSPS) is 34.5. The molecule has 0 heteroatoms. The molecular weight excluding hydrogens is 240 g/mol. The van der Waals surface area contributed by atoms with Crippen LogP contribution >= 0.6 is 0 Å². The van der Waals surface area contributed by atoms with Crippen molar-refractivity contribution in [1.29, 1.82) is 0 Å². The Balaban J connectivity index is 1.70. The molecule has 3 fully saturated rings. The van der Waals surface area contributed by atoms with Gasteiger partial charge in [0, 0.05) is 0 Å². The highest BCUT2D eigenvalue weighted by Crippen LogP contribution is 2.48. The molecule has 3 rings (SSSR count). The maximum atomic E-state index is 2.52. The van der Waals surface area contributed by atoms with Gasteiger partial charge in [-0.3, -0.25) is 0 Å². The van der Waals surface area contributed by atoms with Crippen molar-refractivity contribution in [2.24, 2.45) is 29.6 Å². The molecule has 3 aliphatic carbocycles. The zero-order valence-electron chi connectivity index (χ0n) is 13.8. The van der Waals surface area contributed by atoms with Gasteiger partial charge in [-0.25, -0.2) is 0 Å². The van der Waals surface area contributed by atoms with Gasteiger partial charge in [-0.2, -0.15) is 0 Å². The molecule has 116 valence electrons. The Labute approximate surface area is 127 Å². The van der Waals surface area contributed by atoms with E-state index in [0.717, 1.165) is 29.6 Å². The predicted octanol–water partition coefficient (Wildman–Crippen LogP) is 6.59. The molecule has 0 aromatic carbocycles. The molecule has 0 amide bonds. The van der Waals surface area contributed by atoms with E-state index in [9.17, 15) is 0 Å². The SMILES string of the molecule is CC1CCCC(C(C2CCCCC2)C2CCCCC2)C1. The second-order valence-electron chi connectivity index (χ2n) is 8.41. The van der Waals surface area contributed by atoms with Crippen LogP contribution in [0.25, 0.3) is 0 Å². The van der Waals surface area contributed by atoms with Gasteiger partial charge in [0.1, 0.15) is 0 Å². The quantitative estimate of drug-likeness (QED) is 0.545. The van der Waals surface area contributed by atoms with Crippen LogP contribution < -0.4 is 0 Å². The standard InChI is InChI=1S/C20H36/c1-16-9-8-14-19(15-16)20(17-10-4-2-5-11-17)18-12-6-3-7-13-18/h16-20H,2-15H2,1H3. The first-order chi connectivity index (χ1) is 9.84. The van der Waals surface area contributed by atoms with Gasteiger partial charge >= 0.3 is 0 Å². The molecule has 0 radical (unpaired) electrons. The summed E-state index contributed by atoms with van der Waals surface area (Å²) in [5.74, 6) is 5.47. The van der Waals surface area contributed by atoms with Crippen molar-refractivity contribution in [3.63, 3.8) is 0 Å². The van der Waals surface area contributed by atoms with Crippen molar-refractivity contribution < 1.29 is 0 Å². The summed E-state index contributed by atoms with van der Waals surface area (Å²) in [4.78, 5) is 0. The average Bonchev–Trinajstić information content (AvgIpc) is 2.50. The van der Waals surface area contributed by atoms with Gasteiger partial charge in [0.2, 0.25) is 0 Å². The Kier molecular flexibility index (Phi) is 5.46. The summed E-state index contributed by atoms with van der Waals surface area (Å²) in [5.41, 5.74) is 0. The maximum absolute atomic E-state index is 2.52. The fourth-order valence-electron chi connectivity index (χ4n) is 6.02. The second-order valence-corrected chi connectivity index (χ2v) is 8.41. The fourth-order valence-corrected chi connectivity index (χ4v) is 6.02. The van der Waals surface area contributed by atoms with Gasteiger partial charge < -0.3 is 0 Å². The summed E-state index contributed by atoms with van der Waals surface area (Å²) in [6.07, 6.45) is 21.7. The lowest BCUT2D eigenvalue weighted by atomic mass is 9.61. The van der Waals surface area contributed by atoms with Crippen molar-refractivity contribution in [1.82, 2.24) is 0 Å². The molecule has 0 heterocycles. The first kappa shape index (κ1) is 14.9. The van der Waals surface area contributed by atoms with Crippen LogP contribution in [-0.2, 0) is 0 Å². The zero-order chi connectivity index (χ0) is 13.8. The van der Waals surface area contributed by atoms with E-state index in [1.54, 1.807) is 38.5 Å². The monoisotopic (exact) mass is 276 g/mol. The van der Waals surface area contributed by atoms with E-state index >= 15 is 0 Å². The van der Waals surface area contributed by atoms with Crippen molar-refractivity contribution in [3.8, 4) is 0 Å². The third kappa shape index (κ3) is 3.60. The molecule has 20 heavy (non-hydrogen) atoms. The Hall–Kier alpha value is 0. The van der Waals surface area contributed by atoms with E-state index in [1.165, 1.54) is 51.4 Å². The molecule has 0 bridgehead atoms. The van der Waals surface area contributed by atoms with Crippen LogP contribution in [0.3, 0.4) is 0 Å². The highest BCUT2D eigenvalue weighted by Gasteiger charge is 2.38. The van der Waals surface area contributed by atoms with E-state index in [4.69, 9.17) is 0 Å². The third-order valence-electron chi connectivity index (χ3n) is 6.91. The second kappa shape index (κ2) is 7.32. The average molecular weight is 277 g/mol. The lowest BCUT2D eigenvalue weighted by molar-refractivity contribution is 0.0562. The molecular formula is C20H36. The van der Waals surface area contributed by atoms with E-state index in [-0.39, 0.29) is 0 Å². The van der Waals surface area contributed by atoms with Crippen molar-refractivity contribution in [2.75, 3.05) is 0 Å². The Morgan fingerprint density at radius 3 is 1.55 bits per heavy atom. The third-order valence-corrected chi connectivity index (χ3v) is 6.91. The molecule has 0 aromatic heterocycles. The van der Waals surface area contributed by atoms with Crippen LogP contribution in [0.15, 0.2) is 0 Å². The summed E-state index contributed by atoms with van der Waals surface area (Å²) >= 11 is 0. The summed E-state index contributed by atoms with van der Waals surface area (Å²) in [5, 5.41) is 0. The number of hydrogen-bond acceptors (Lipinski definition) is 0. The van der Waals surface area contributed by atoms with Gasteiger partial charge in [-0.05, 0) is 36.0 Å². The van der Waals surface area contributed by atoms with Crippen LogP contribution in [0.4, 0.5) is 0 Å². The molecule has 0 aliphatic heterocycles. The smallest absolute Gasteiger partial charge is 0.0329 e. The van der Waals surface area contributed by atoms with Crippen molar-refractivity contribution in [3.05, 3.63) is 0 Å². The van der Waals surface area contributed by atoms with Crippen LogP contribution in [0.5, 0.6) is 0 Å². The highest BCUT2D eigenvalue weighted by molar-refractivity contribution is 4.88. The molecule has 0 aromatic rings. The van der Waals surface area contributed by atoms with Crippen LogP contribution in [0.2, 0.25) is 0 Å². The Morgan fingerprint density at radius 1 is 0.550 bits per heavy atom. The van der Waals surface area contributed by atoms with Gasteiger partial charge in [0.25, 0.3) is 0 Å². The molecule has 3 aliphatic rings. The molecule has 0 nitrogen and oxygen atoms in total. The summed E-state index contributed by atoms with van der Waals surface area (Å²) in [7, 11) is 0. The minimum absolute atomic E-state index is 1.02. The van der Waals surface area contributed by atoms with E-state index in [2.05, 4.69) is 6.92 Å². The molecule has 0 saturated heterocycles. The van der Waals surface area contributed by atoms with Gasteiger partial charge in [-0.1, -0.05) is 90.4 Å². The van der Waals surface area contributed by atoms with Crippen molar-refractivity contribution >= 4 is 0 Å². The first-order valence-corrected chi connectivity index (χ1v) is 9.84. The lowest BCUT2D eigenvalue weighted by Crippen LogP contribution is -2.35.